The molecule has 1 heterocycles. The molecule has 0 saturated carbocycles. The van der Waals surface area contributed by atoms with Crippen LogP contribution in [-0.2, 0) is 4.74 Å². The Balaban J connectivity index is 2.80. The summed E-state index contributed by atoms with van der Waals surface area (Å²) in [5, 5.41) is 0. The molecule has 0 radical (unpaired) electrons. The van der Waals surface area contributed by atoms with Gasteiger partial charge in [0.25, 0.3) is 5.91 Å². The molecule has 0 spiro atoms. The van der Waals surface area contributed by atoms with E-state index in [4.69, 9.17) is 4.74 Å². The average molecular weight is 236 g/mol. The second kappa shape index (κ2) is 6.35. The number of ether oxygens (including phenoxy) is 1. The smallest absolute Gasteiger partial charge is 0.255 e. The van der Waals surface area contributed by atoms with Crippen molar-refractivity contribution in [2.24, 2.45) is 0 Å². The molecule has 0 aliphatic heterocycles. The summed E-state index contributed by atoms with van der Waals surface area (Å²) in [7, 11) is 1.64. The molecule has 1 amide bonds. The number of carbonyl (C=O) groups is 1. The lowest BCUT2D eigenvalue weighted by molar-refractivity contribution is 0.0634. The van der Waals surface area contributed by atoms with Gasteiger partial charge in [0, 0.05) is 31.6 Å². The van der Waals surface area contributed by atoms with E-state index in [1.54, 1.807) is 18.2 Å². The molecule has 0 aromatic carbocycles. The molecular weight excluding hydrogens is 216 g/mol. The van der Waals surface area contributed by atoms with Gasteiger partial charge in [-0.3, -0.25) is 9.78 Å². The van der Waals surface area contributed by atoms with E-state index < -0.39 is 0 Å². The molecule has 1 rings (SSSR count). The molecule has 1 aromatic heterocycles. The van der Waals surface area contributed by atoms with E-state index in [9.17, 15) is 4.79 Å². The van der Waals surface area contributed by atoms with Crippen molar-refractivity contribution < 1.29 is 9.53 Å². The van der Waals surface area contributed by atoms with Crippen molar-refractivity contribution in [1.82, 2.24) is 9.88 Å². The second-order valence-electron chi connectivity index (χ2n) is 4.27. The number of pyridine rings is 1. The largest absolute Gasteiger partial charge is 0.383 e. The minimum atomic E-state index is 0.00421. The molecule has 0 N–H and O–H groups in total. The molecule has 1 aromatic rings. The number of aryl methyl sites for hydroxylation is 1. The Bertz CT molecular complexity index is 360. The first-order chi connectivity index (χ1) is 8.06. The van der Waals surface area contributed by atoms with Crippen molar-refractivity contribution in [2.45, 2.75) is 26.8 Å². The van der Waals surface area contributed by atoms with Crippen molar-refractivity contribution >= 4 is 5.91 Å². The lowest BCUT2D eigenvalue weighted by Gasteiger charge is -2.26. The van der Waals surface area contributed by atoms with Crippen molar-refractivity contribution in [1.29, 1.82) is 0 Å². The van der Waals surface area contributed by atoms with E-state index in [-0.39, 0.29) is 11.9 Å². The fourth-order valence-corrected chi connectivity index (χ4v) is 1.54. The fourth-order valence-electron chi connectivity index (χ4n) is 1.54. The van der Waals surface area contributed by atoms with Crippen LogP contribution in [0.1, 0.15) is 29.9 Å². The molecule has 0 aliphatic rings. The quantitative estimate of drug-likeness (QED) is 0.784. The van der Waals surface area contributed by atoms with Crippen LogP contribution in [0.5, 0.6) is 0 Å². The Morgan fingerprint density at radius 1 is 1.47 bits per heavy atom. The van der Waals surface area contributed by atoms with E-state index in [1.165, 1.54) is 0 Å². The number of hydrogen-bond donors (Lipinski definition) is 0. The molecule has 4 nitrogen and oxygen atoms in total. The van der Waals surface area contributed by atoms with Crippen LogP contribution in [0, 0.1) is 6.92 Å². The molecule has 94 valence electrons. The summed E-state index contributed by atoms with van der Waals surface area (Å²) >= 11 is 0. The molecule has 0 bridgehead atoms. The van der Waals surface area contributed by atoms with Crippen LogP contribution in [-0.4, -0.2) is 42.1 Å². The topological polar surface area (TPSA) is 42.4 Å². The summed E-state index contributed by atoms with van der Waals surface area (Å²) in [4.78, 5) is 18.2. The third-order valence-corrected chi connectivity index (χ3v) is 2.58. The molecule has 0 atom stereocenters. The Hall–Kier alpha value is -1.42. The van der Waals surface area contributed by atoms with Gasteiger partial charge in [0.2, 0.25) is 0 Å². The third-order valence-electron chi connectivity index (χ3n) is 2.58. The van der Waals surface area contributed by atoms with Gasteiger partial charge >= 0.3 is 0 Å². The Morgan fingerprint density at radius 3 is 2.65 bits per heavy atom. The van der Waals surface area contributed by atoms with E-state index in [1.807, 2.05) is 32.9 Å². The molecule has 0 unspecified atom stereocenters. The fraction of sp³-hybridized carbons (Fsp3) is 0.538. The zero-order valence-corrected chi connectivity index (χ0v) is 10.9. The monoisotopic (exact) mass is 236 g/mol. The van der Waals surface area contributed by atoms with E-state index >= 15 is 0 Å². The molecule has 4 heteroatoms. The highest BCUT2D eigenvalue weighted by atomic mass is 16.5. The number of rotatable bonds is 5. The van der Waals surface area contributed by atoms with Crippen LogP contribution in [0.2, 0.25) is 0 Å². The van der Waals surface area contributed by atoms with Crippen molar-refractivity contribution in [2.75, 3.05) is 20.3 Å². The van der Waals surface area contributed by atoms with Gasteiger partial charge in [-0.05, 0) is 32.9 Å². The van der Waals surface area contributed by atoms with Crippen LogP contribution < -0.4 is 0 Å². The second-order valence-corrected chi connectivity index (χ2v) is 4.27. The molecule has 0 fully saturated rings. The maximum Gasteiger partial charge on any atom is 0.255 e. The van der Waals surface area contributed by atoms with Crippen molar-refractivity contribution in [3.05, 3.63) is 29.6 Å². The number of amides is 1. The summed E-state index contributed by atoms with van der Waals surface area (Å²) in [6.07, 6.45) is 1.62. The maximum atomic E-state index is 12.2. The number of nitrogens with zero attached hydrogens (tertiary/aromatic N) is 2. The van der Waals surface area contributed by atoms with Gasteiger partial charge in [-0.1, -0.05) is 0 Å². The Morgan fingerprint density at radius 2 is 2.18 bits per heavy atom. The first-order valence-electron chi connectivity index (χ1n) is 5.78. The zero-order chi connectivity index (χ0) is 12.8. The zero-order valence-electron chi connectivity index (χ0n) is 10.9. The molecular formula is C13H20N2O2. The van der Waals surface area contributed by atoms with E-state index in [0.717, 1.165) is 5.69 Å². The summed E-state index contributed by atoms with van der Waals surface area (Å²) in [6, 6.07) is 3.81. The van der Waals surface area contributed by atoms with Gasteiger partial charge in [0.05, 0.1) is 12.2 Å². The highest BCUT2D eigenvalue weighted by molar-refractivity contribution is 5.94. The van der Waals surface area contributed by atoms with Crippen LogP contribution in [0.15, 0.2) is 18.3 Å². The van der Waals surface area contributed by atoms with Gasteiger partial charge < -0.3 is 9.64 Å². The van der Waals surface area contributed by atoms with Gasteiger partial charge in [0.15, 0.2) is 0 Å². The maximum absolute atomic E-state index is 12.2. The van der Waals surface area contributed by atoms with Gasteiger partial charge in [-0.25, -0.2) is 0 Å². The minimum Gasteiger partial charge on any atom is -0.383 e. The van der Waals surface area contributed by atoms with Crippen LogP contribution >= 0.6 is 0 Å². The lowest BCUT2D eigenvalue weighted by atomic mass is 10.2. The predicted molar refractivity (Wildman–Crippen MR) is 67.0 cm³/mol. The van der Waals surface area contributed by atoms with Crippen LogP contribution in [0.4, 0.5) is 0 Å². The summed E-state index contributed by atoms with van der Waals surface area (Å²) < 4.78 is 5.02. The van der Waals surface area contributed by atoms with Gasteiger partial charge in [-0.15, -0.1) is 0 Å². The van der Waals surface area contributed by atoms with E-state index in [0.29, 0.717) is 18.7 Å². The standard InChI is InChI=1S/C13H20N2O2/c1-10(2)15(7-8-17-4)13(16)12-6-5-11(3)14-9-12/h5-6,9-10H,7-8H2,1-4H3. The molecule has 17 heavy (non-hydrogen) atoms. The Kier molecular flexibility index (Phi) is 5.10. The first kappa shape index (κ1) is 13.6. The average Bonchev–Trinajstić information content (AvgIpc) is 2.29. The minimum absolute atomic E-state index is 0.00421. The summed E-state index contributed by atoms with van der Waals surface area (Å²) in [6.45, 7) is 7.04. The lowest BCUT2D eigenvalue weighted by Crippen LogP contribution is -2.39. The Labute approximate surface area is 103 Å². The number of methoxy groups -OCH3 is 1. The van der Waals surface area contributed by atoms with Crippen molar-refractivity contribution in [3.8, 4) is 0 Å². The van der Waals surface area contributed by atoms with Gasteiger partial charge in [0.1, 0.15) is 0 Å². The van der Waals surface area contributed by atoms with Gasteiger partial charge in [-0.2, -0.15) is 0 Å². The number of carbonyl (C=O) groups excluding carboxylic acids is 1. The number of hydrogen-bond acceptors (Lipinski definition) is 3. The number of aromatic nitrogens is 1. The SMILES string of the molecule is COCCN(C(=O)c1ccc(C)nc1)C(C)C. The molecule has 0 aliphatic carbocycles. The molecule has 0 saturated heterocycles. The van der Waals surface area contributed by atoms with E-state index in [2.05, 4.69) is 4.98 Å². The highest BCUT2D eigenvalue weighted by Crippen LogP contribution is 2.08. The normalized spacial score (nSPS) is 10.6. The summed E-state index contributed by atoms with van der Waals surface area (Å²) in [5.41, 5.74) is 1.54. The van der Waals surface area contributed by atoms with Crippen LogP contribution in [0.3, 0.4) is 0 Å². The third kappa shape index (κ3) is 3.82. The van der Waals surface area contributed by atoms with Crippen LogP contribution in [0.25, 0.3) is 0 Å². The van der Waals surface area contributed by atoms with Crippen molar-refractivity contribution in [3.63, 3.8) is 0 Å². The summed E-state index contributed by atoms with van der Waals surface area (Å²) in [5.74, 6) is 0.00421. The predicted octanol–water partition coefficient (Wildman–Crippen LogP) is 1.89. The highest BCUT2D eigenvalue weighted by Gasteiger charge is 2.18. The first-order valence-corrected chi connectivity index (χ1v) is 5.78.